The standard InChI is InChI=1S/C19H29NO4/c1-14(2)19(15(3)21,24-13-22-4)12-17-11-18(7-9-20-17)23-10-8-16-5-6-16/h7,9,11,14,16H,5-6,8,10,12-13H2,1-4H3. The van der Waals surface area contributed by atoms with Crippen molar-refractivity contribution in [3.63, 3.8) is 0 Å². The lowest BCUT2D eigenvalue weighted by atomic mass is 9.82. The first-order valence-electron chi connectivity index (χ1n) is 8.69. The summed E-state index contributed by atoms with van der Waals surface area (Å²) >= 11 is 0. The molecule has 1 unspecified atom stereocenters. The van der Waals surface area contributed by atoms with Crippen molar-refractivity contribution in [2.75, 3.05) is 20.5 Å². The van der Waals surface area contributed by atoms with Gasteiger partial charge in [-0.2, -0.15) is 0 Å². The third kappa shape index (κ3) is 5.02. The van der Waals surface area contributed by atoms with Gasteiger partial charge in [0, 0.05) is 31.5 Å². The first-order valence-corrected chi connectivity index (χ1v) is 8.69. The first-order chi connectivity index (χ1) is 11.5. The van der Waals surface area contributed by atoms with Gasteiger partial charge in [0.1, 0.15) is 18.1 Å². The molecule has 2 rings (SSSR count). The van der Waals surface area contributed by atoms with Crippen LogP contribution in [0.2, 0.25) is 0 Å². The monoisotopic (exact) mass is 335 g/mol. The minimum atomic E-state index is -0.935. The molecule has 0 amide bonds. The Morgan fingerprint density at radius 2 is 2.17 bits per heavy atom. The van der Waals surface area contributed by atoms with Gasteiger partial charge in [-0.1, -0.05) is 26.7 Å². The Labute approximate surface area is 144 Å². The molecule has 0 spiro atoms. The number of nitrogens with zero attached hydrogens (tertiary/aromatic N) is 1. The summed E-state index contributed by atoms with van der Waals surface area (Å²) in [7, 11) is 1.55. The topological polar surface area (TPSA) is 57.6 Å². The van der Waals surface area contributed by atoms with Crippen molar-refractivity contribution in [2.45, 2.75) is 52.1 Å². The summed E-state index contributed by atoms with van der Waals surface area (Å²) in [5.41, 5.74) is -0.144. The van der Waals surface area contributed by atoms with Crippen LogP contribution in [-0.4, -0.2) is 36.9 Å². The average Bonchev–Trinajstić information content (AvgIpc) is 3.35. The SMILES string of the molecule is COCOC(Cc1cc(OCCC2CC2)ccn1)(C(C)=O)C(C)C. The number of carbonyl (C=O) groups excluding carboxylic acids is 1. The number of pyridine rings is 1. The normalized spacial score (nSPS) is 16.9. The molecule has 0 aliphatic heterocycles. The van der Waals surface area contributed by atoms with Crippen molar-refractivity contribution in [2.24, 2.45) is 11.8 Å². The number of carbonyl (C=O) groups is 1. The second kappa shape index (κ2) is 8.58. The van der Waals surface area contributed by atoms with E-state index in [-0.39, 0.29) is 18.5 Å². The van der Waals surface area contributed by atoms with E-state index in [4.69, 9.17) is 14.2 Å². The molecule has 1 fully saturated rings. The quantitative estimate of drug-likeness (QED) is 0.580. The number of Topliss-reactive ketones (excluding diaryl/α,β-unsaturated/α-hetero) is 1. The maximum atomic E-state index is 12.3. The van der Waals surface area contributed by atoms with Crippen LogP contribution in [0.25, 0.3) is 0 Å². The molecule has 0 bridgehead atoms. The molecule has 0 radical (unpaired) electrons. The number of hydrogen-bond acceptors (Lipinski definition) is 5. The summed E-state index contributed by atoms with van der Waals surface area (Å²) in [6, 6.07) is 3.76. The maximum Gasteiger partial charge on any atom is 0.162 e. The molecule has 0 aromatic carbocycles. The molecule has 24 heavy (non-hydrogen) atoms. The average molecular weight is 335 g/mol. The van der Waals surface area contributed by atoms with E-state index in [2.05, 4.69) is 4.98 Å². The lowest BCUT2D eigenvalue weighted by Crippen LogP contribution is -2.48. The van der Waals surface area contributed by atoms with E-state index in [9.17, 15) is 4.79 Å². The van der Waals surface area contributed by atoms with Crippen molar-refractivity contribution in [3.05, 3.63) is 24.0 Å². The van der Waals surface area contributed by atoms with Crippen molar-refractivity contribution in [1.29, 1.82) is 0 Å². The Morgan fingerprint density at radius 1 is 1.42 bits per heavy atom. The van der Waals surface area contributed by atoms with Crippen LogP contribution in [0.3, 0.4) is 0 Å². The van der Waals surface area contributed by atoms with E-state index in [0.29, 0.717) is 6.42 Å². The molecule has 1 aliphatic carbocycles. The Hall–Kier alpha value is -1.46. The van der Waals surface area contributed by atoms with Gasteiger partial charge in [-0.15, -0.1) is 0 Å². The predicted molar refractivity (Wildman–Crippen MR) is 92.0 cm³/mol. The van der Waals surface area contributed by atoms with Crippen molar-refractivity contribution in [1.82, 2.24) is 4.98 Å². The molecule has 1 aromatic rings. The lowest BCUT2D eigenvalue weighted by molar-refractivity contribution is -0.171. The van der Waals surface area contributed by atoms with Crippen LogP contribution >= 0.6 is 0 Å². The molecular weight excluding hydrogens is 306 g/mol. The Morgan fingerprint density at radius 3 is 2.75 bits per heavy atom. The molecule has 1 aromatic heterocycles. The molecule has 0 saturated heterocycles. The number of ketones is 1. The highest BCUT2D eigenvalue weighted by Crippen LogP contribution is 2.32. The summed E-state index contributed by atoms with van der Waals surface area (Å²) < 4.78 is 16.7. The van der Waals surface area contributed by atoms with Crippen molar-refractivity contribution < 1.29 is 19.0 Å². The Balaban J connectivity index is 2.07. The van der Waals surface area contributed by atoms with Gasteiger partial charge in [0.05, 0.1) is 6.61 Å². The maximum absolute atomic E-state index is 12.3. The van der Waals surface area contributed by atoms with Gasteiger partial charge in [-0.25, -0.2) is 0 Å². The summed E-state index contributed by atoms with van der Waals surface area (Å²) in [5.74, 6) is 1.64. The van der Waals surface area contributed by atoms with E-state index in [1.54, 1.807) is 20.2 Å². The Kier molecular flexibility index (Phi) is 6.75. The lowest BCUT2D eigenvalue weighted by Gasteiger charge is -2.34. The van der Waals surface area contributed by atoms with Crippen LogP contribution in [0.1, 0.15) is 45.7 Å². The second-order valence-corrected chi connectivity index (χ2v) is 6.89. The molecule has 1 saturated carbocycles. The number of aromatic nitrogens is 1. The van der Waals surface area contributed by atoms with Gasteiger partial charge in [0.15, 0.2) is 5.78 Å². The third-order valence-corrected chi connectivity index (χ3v) is 4.69. The number of methoxy groups -OCH3 is 1. The van der Waals surface area contributed by atoms with E-state index in [0.717, 1.165) is 30.4 Å². The highest BCUT2D eigenvalue weighted by atomic mass is 16.7. The minimum absolute atomic E-state index is 0.00592. The minimum Gasteiger partial charge on any atom is -0.493 e. The molecule has 1 aliphatic rings. The summed E-state index contributed by atoms with van der Waals surface area (Å²) in [6.45, 7) is 6.33. The summed E-state index contributed by atoms with van der Waals surface area (Å²) in [6.07, 6.45) is 5.90. The van der Waals surface area contributed by atoms with Crippen LogP contribution in [-0.2, 0) is 20.7 Å². The molecule has 5 nitrogen and oxygen atoms in total. The van der Waals surface area contributed by atoms with E-state index in [1.807, 2.05) is 26.0 Å². The van der Waals surface area contributed by atoms with E-state index < -0.39 is 5.60 Å². The zero-order valence-corrected chi connectivity index (χ0v) is 15.2. The largest absolute Gasteiger partial charge is 0.493 e. The van der Waals surface area contributed by atoms with E-state index >= 15 is 0 Å². The van der Waals surface area contributed by atoms with Gasteiger partial charge in [0.25, 0.3) is 0 Å². The fourth-order valence-corrected chi connectivity index (χ4v) is 2.88. The van der Waals surface area contributed by atoms with Crippen LogP contribution in [0, 0.1) is 11.8 Å². The van der Waals surface area contributed by atoms with Crippen molar-refractivity contribution >= 4 is 5.78 Å². The molecule has 5 heteroatoms. The molecule has 134 valence electrons. The van der Waals surface area contributed by atoms with Gasteiger partial charge in [-0.3, -0.25) is 9.78 Å². The molecule has 1 atom stereocenters. The fourth-order valence-electron chi connectivity index (χ4n) is 2.88. The highest BCUT2D eigenvalue weighted by molar-refractivity contribution is 5.85. The van der Waals surface area contributed by atoms with Crippen LogP contribution < -0.4 is 4.74 Å². The number of rotatable bonds is 11. The van der Waals surface area contributed by atoms with Gasteiger partial charge < -0.3 is 14.2 Å². The zero-order chi connectivity index (χ0) is 17.6. The first kappa shape index (κ1) is 18.9. The number of hydrogen-bond donors (Lipinski definition) is 0. The predicted octanol–water partition coefficient (Wildman–Crippen LogP) is 3.41. The Bertz CT molecular complexity index is 542. The number of ether oxygens (including phenoxy) is 3. The highest BCUT2D eigenvalue weighted by Gasteiger charge is 2.40. The van der Waals surface area contributed by atoms with Gasteiger partial charge in [-0.05, 0) is 31.2 Å². The summed E-state index contributed by atoms with van der Waals surface area (Å²) in [5, 5.41) is 0. The fraction of sp³-hybridized carbons (Fsp3) is 0.684. The van der Waals surface area contributed by atoms with Crippen LogP contribution in [0.4, 0.5) is 0 Å². The molecular formula is C19H29NO4. The van der Waals surface area contributed by atoms with E-state index in [1.165, 1.54) is 12.8 Å². The van der Waals surface area contributed by atoms with Gasteiger partial charge in [0.2, 0.25) is 0 Å². The zero-order valence-electron chi connectivity index (χ0n) is 15.2. The van der Waals surface area contributed by atoms with Crippen LogP contribution in [0.15, 0.2) is 18.3 Å². The third-order valence-electron chi connectivity index (χ3n) is 4.69. The second-order valence-electron chi connectivity index (χ2n) is 6.89. The van der Waals surface area contributed by atoms with Crippen LogP contribution in [0.5, 0.6) is 5.75 Å². The summed E-state index contributed by atoms with van der Waals surface area (Å²) in [4.78, 5) is 16.7. The van der Waals surface area contributed by atoms with Crippen molar-refractivity contribution in [3.8, 4) is 5.75 Å². The smallest absolute Gasteiger partial charge is 0.162 e. The molecule has 1 heterocycles. The van der Waals surface area contributed by atoms with Gasteiger partial charge >= 0.3 is 0 Å². The molecule has 0 N–H and O–H groups in total.